The summed E-state index contributed by atoms with van der Waals surface area (Å²) in [5.41, 5.74) is 10.5. The lowest BCUT2D eigenvalue weighted by Gasteiger charge is -2.22. The summed E-state index contributed by atoms with van der Waals surface area (Å²) in [5, 5.41) is 6.06. The Labute approximate surface area is 156 Å². The zero-order valence-electron chi connectivity index (χ0n) is 14.7. The molecule has 0 aliphatic carbocycles. The van der Waals surface area contributed by atoms with E-state index >= 15 is 0 Å². The van der Waals surface area contributed by atoms with Crippen molar-refractivity contribution in [2.75, 3.05) is 15.9 Å². The Bertz CT molecular complexity index is 876. The van der Waals surface area contributed by atoms with Gasteiger partial charge in [-0.25, -0.2) is 22.2 Å². The van der Waals surface area contributed by atoms with Gasteiger partial charge in [0.25, 0.3) is 5.95 Å². The number of aromatic nitrogens is 3. The molecule has 0 radical (unpaired) electrons. The van der Waals surface area contributed by atoms with E-state index in [0.29, 0.717) is 17.6 Å². The van der Waals surface area contributed by atoms with Gasteiger partial charge >= 0.3 is 0 Å². The van der Waals surface area contributed by atoms with Crippen molar-refractivity contribution in [2.24, 2.45) is 16.8 Å². The normalized spacial score (nSPS) is 11.0. The number of benzene rings is 1. The third-order valence-electron chi connectivity index (χ3n) is 3.64. The number of hydrogen-bond donors (Lipinski definition) is 5. The van der Waals surface area contributed by atoms with Crippen molar-refractivity contribution in [1.82, 2.24) is 20.5 Å². The lowest BCUT2D eigenvalue weighted by atomic mass is 10.2. The summed E-state index contributed by atoms with van der Waals surface area (Å²) in [4.78, 5) is 12.8. The lowest BCUT2D eigenvalue weighted by Crippen LogP contribution is -2.32. The van der Waals surface area contributed by atoms with Crippen LogP contribution in [-0.2, 0) is 0 Å². The Morgan fingerprint density at radius 2 is 1.59 bits per heavy atom. The third-order valence-corrected chi connectivity index (χ3v) is 3.64. The second-order valence-corrected chi connectivity index (χ2v) is 5.43. The third kappa shape index (κ3) is 4.45. The summed E-state index contributed by atoms with van der Waals surface area (Å²) in [6, 6.07) is 14.8. The number of pyridine rings is 1. The molecule has 10 heteroatoms. The van der Waals surface area contributed by atoms with Gasteiger partial charge in [0.2, 0.25) is 0 Å². The smallest absolute Gasteiger partial charge is 0.254 e. The lowest BCUT2D eigenvalue weighted by molar-refractivity contribution is 0.735. The van der Waals surface area contributed by atoms with Gasteiger partial charge in [-0.15, -0.1) is 0 Å². The molecule has 0 saturated heterocycles. The molecule has 0 saturated carbocycles. The maximum Gasteiger partial charge on any atom is 0.254 e. The first-order valence-corrected chi connectivity index (χ1v) is 8.09. The van der Waals surface area contributed by atoms with E-state index in [0.717, 1.165) is 17.0 Å². The number of nitrogen functional groups attached to an aromatic ring is 2. The second-order valence-electron chi connectivity index (χ2n) is 5.43. The number of nitrogens with two attached hydrogens (primary N) is 2. The van der Waals surface area contributed by atoms with E-state index in [9.17, 15) is 0 Å². The molecule has 0 atom stereocenters. The number of hydrazone groups is 1. The first-order chi connectivity index (χ1) is 13.2. The molecule has 0 aliphatic heterocycles. The van der Waals surface area contributed by atoms with E-state index in [2.05, 4.69) is 36.4 Å². The van der Waals surface area contributed by atoms with Crippen LogP contribution < -0.4 is 33.1 Å². The molecule has 10 nitrogen and oxygen atoms in total. The van der Waals surface area contributed by atoms with Crippen molar-refractivity contribution in [3.8, 4) is 0 Å². The Kier molecular flexibility index (Phi) is 5.72. The number of nitrogens with one attached hydrogen (secondary N) is 3. The molecule has 0 spiro atoms. The molecular weight excluding hydrogens is 344 g/mol. The fourth-order valence-electron chi connectivity index (χ4n) is 2.26. The van der Waals surface area contributed by atoms with Crippen molar-refractivity contribution >= 4 is 29.0 Å². The van der Waals surface area contributed by atoms with Crippen LogP contribution >= 0.6 is 0 Å². The van der Waals surface area contributed by atoms with Crippen LogP contribution in [0.25, 0.3) is 0 Å². The Hall–Kier alpha value is -3.76. The Morgan fingerprint density at radius 3 is 2.19 bits per heavy atom. The molecule has 2 heterocycles. The fourth-order valence-corrected chi connectivity index (χ4v) is 2.26. The Morgan fingerprint density at radius 1 is 0.963 bits per heavy atom. The van der Waals surface area contributed by atoms with Gasteiger partial charge < -0.3 is 10.9 Å². The largest absolute Gasteiger partial charge is 0.308 e. The van der Waals surface area contributed by atoms with Crippen LogP contribution in [0.3, 0.4) is 0 Å². The van der Waals surface area contributed by atoms with Gasteiger partial charge in [-0.2, -0.15) is 15.1 Å². The molecule has 7 N–H and O–H groups in total. The van der Waals surface area contributed by atoms with Gasteiger partial charge in [-0.05, 0) is 31.2 Å². The summed E-state index contributed by atoms with van der Waals surface area (Å²) in [6.45, 7) is 1.89. The van der Waals surface area contributed by atoms with Crippen LogP contribution in [-0.4, -0.2) is 20.7 Å². The maximum atomic E-state index is 5.50. The van der Waals surface area contributed by atoms with E-state index in [1.54, 1.807) is 23.5 Å². The summed E-state index contributed by atoms with van der Waals surface area (Å²) in [7, 11) is 0. The van der Waals surface area contributed by atoms with Crippen LogP contribution in [0.5, 0.6) is 0 Å². The molecule has 0 amide bonds. The second kappa shape index (κ2) is 8.56. The van der Waals surface area contributed by atoms with Gasteiger partial charge in [0.1, 0.15) is 11.6 Å². The average molecular weight is 364 g/mol. The molecule has 0 unspecified atom stereocenters. The molecule has 138 valence electrons. The van der Waals surface area contributed by atoms with Crippen molar-refractivity contribution in [3.63, 3.8) is 0 Å². The number of hydrogen-bond acceptors (Lipinski definition) is 10. The van der Waals surface area contributed by atoms with Crippen LogP contribution in [0.2, 0.25) is 0 Å². The standard InChI is InChI=1S/C17H20N10/c1-12(13-7-9-20-10-8-13)25-26-27(14-5-3-2-4-6-14)17-21-15(23-18)11-16(22-17)24-19/h2-11,26H,18-19H2,1H3,(H2,21,22,23,24). The van der Waals surface area contributed by atoms with E-state index in [4.69, 9.17) is 11.7 Å². The summed E-state index contributed by atoms with van der Waals surface area (Å²) < 4.78 is 0. The highest BCUT2D eigenvalue weighted by Gasteiger charge is 2.14. The summed E-state index contributed by atoms with van der Waals surface area (Å²) in [5.74, 6) is 12.1. The van der Waals surface area contributed by atoms with E-state index in [1.807, 2.05) is 49.4 Å². The molecule has 0 aliphatic rings. The monoisotopic (exact) mass is 364 g/mol. The molecule has 3 aromatic rings. The molecule has 2 aromatic heterocycles. The van der Waals surface area contributed by atoms with Crippen LogP contribution in [0.4, 0.5) is 23.3 Å². The zero-order valence-corrected chi connectivity index (χ0v) is 14.7. The van der Waals surface area contributed by atoms with E-state index < -0.39 is 0 Å². The van der Waals surface area contributed by atoms with E-state index in [1.165, 1.54) is 0 Å². The number of hydrazine groups is 3. The van der Waals surface area contributed by atoms with Gasteiger partial charge in [0.05, 0.1) is 11.4 Å². The van der Waals surface area contributed by atoms with Crippen molar-refractivity contribution in [1.29, 1.82) is 0 Å². The first-order valence-electron chi connectivity index (χ1n) is 8.09. The van der Waals surface area contributed by atoms with Crippen molar-refractivity contribution in [3.05, 3.63) is 66.5 Å². The number of rotatable bonds is 7. The molecule has 27 heavy (non-hydrogen) atoms. The van der Waals surface area contributed by atoms with Crippen LogP contribution in [0.1, 0.15) is 12.5 Å². The summed E-state index contributed by atoms with van der Waals surface area (Å²) >= 11 is 0. The maximum absolute atomic E-state index is 5.50. The highest BCUT2D eigenvalue weighted by Crippen LogP contribution is 2.22. The molecule has 0 fully saturated rings. The number of nitrogens with zero attached hydrogens (tertiary/aromatic N) is 5. The minimum Gasteiger partial charge on any atom is -0.308 e. The zero-order chi connectivity index (χ0) is 19.1. The van der Waals surface area contributed by atoms with E-state index in [-0.39, 0.29) is 0 Å². The van der Waals surface area contributed by atoms with Gasteiger partial charge in [0, 0.05) is 24.0 Å². The molecule has 1 aromatic carbocycles. The summed E-state index contributed by atoms with van der Waals surface area (Å²) in [6.07, 6.45) is 3.42. The highest BCUT2D eigenvalue weighted by molar-refractivity contribution is 5.98. The minimum absolute atomic E-state index is 0.302. The number of para-hydroxylation sites is 1. The Balaban J connectivity index is 1.98. The predicted octanol–water partition coefficient (Wildman–Crippen LogP) is 1.51. The van der Waals surface area contributed by atoms with Crippen molar-refractivity contribution in [2.45, 2.75) is 6.92 Å². The average Bonchev–Trinajstić information content (AvgIpc) is 2.74. The SMILES string of the molecule is CC(=NNN(c1ccccc1)c1nc(NN)cc(NN)n1)c1ccncc1. The van der Waals surface area contributed by atoms with Crippen molar-refractivity contribution < 1.29 is 0 Å². The highest BCUT2D eigenvalue weighted by atomic mass is 15.7. The molecule has 0 bridgehead atoms. The quantitative estimate of drug-likeness (QED) is 0.239. The predicted molar refractivity (Wildman–Crippen MR) is 106 cm³/mol. The van der Waals surface area contributed by atoms with Crippen LogP contribution in [0, 0.1) is 0 Å². The molecule has 3 rings (SSSR count). The topological polar surface area (TPSA) is 142 Å². The first kappa shape index (κ1) is 18.0. The fraction of sp³-hybridized carbons (Fsp3) is 0.0588. The number of anilines is 4. The minimum atomic E-state index is 0.302. The van der Waals surface area contributed by atoms with Gasteiger partial charge in [0.15, 0.2) is 0 Å². The molecular formula is C17H20N10. The van der Waals surface area contributed by atoms with Crippen LogP contribution in [0.15, 0.2) is 66.0 Å². The van der Waals surface area contributed by atoms with Gasteiger partial charge in [-0.1, -0.05) is 18.2 Å². The van der Waals surface area contributed by atoms with Gasteiger partial charge in [-0.3, -0.25) is 4.98 Å².